The predicted octanol–water partition coefficient (Wildman–Crippen LogP) is 2.52. The lowest BCUT2D eigenvalue weighted by atomic mass is 10.1. The number of aliphatic hydroxyl groups excluding tert-OH is 1. The summed E-state index contributed by atoms with van der Waals surface area (Å²) < 4.78 is 50.6. The average Bonchev–Trinajstić information content (AvgIpc) is 2.44. The first kappa shape index (κ1) is 17.5. The number of nitrogens with zero attached hydrogens (tertiary/aromatic N) is 2. The topological polar surface area (TPSA) is 26.7 Å². The fraction of sp³-hybridized carbons (Fsp3) is 0.571. The van der Waals surface area contributed by atoms with Crippen LogP contribution >= 0.6 is 11.6 Å². The molecule has 22 heavy (non-hydrogen) atoms. The van der Waals surface area contributed by atoms with Gasteiger partial charge in [-0.3, -0.25) is 9.80 Å². The largest absolute Gasteiger partial charge is 0.415 e. The second kappa shape index (κ2) is 7.12. The standard InChI is InChI=1S/C14H17ClF4N2O/c15-11-2-1-3-12(16)10(11)8-20-4-6-21(7-5-20)9-13(22)14(17,18)19/h1-3,13,22H,4-9H2. The van der Waals surface area contributed by atoms with E-state index in [1.54, 1.807) is 11.0 Å². The monoisotopic (exact) mass is 340 g/mol. The van der Waals surface area contributed by atoms with E-state index >= 15 is 0 Å². The van der Waals surface area contributed by atoms with Gasteiger partial charge in [-0.2, -0.15) is 13.2 Å². The Morgan fingerprint density at radius 3 is 2.27 bits per heavy atom. The van der Waals surface area contributed by atoms with Crippen molar-refractivity contribution >= 4 is 11.6 Å². The van der Waals surface area contributed by atoms with Gasteiger partial charge in [0.2, 0.25) is 0 Å². The molecule has 0 amide bonds. The quantitative estimate of drug-likeness (QED) is 0.853. The SMILES string of the molecule is OC(CN1CCN(Cc2c(F)cccc2Cl)CC1)C(F)(F)F. The Labute approximate surface area is 131 Å². The van der Waals surface area contributed by atoms with Gasteiger partial charge in [-0.1, -0.05) is 17.7 Å². The molecule has 0 aliphatic carbocycles. The van der Waals surface area contributed by atoms with Crippen LogP contribution < -0.4 is 0 Å². The molecule has 1 aromatic carbocycles. The molecule has 0 bridgehead atoms. The first-order valence-corrected chi connectivity index (χ1v) is 7.27. The van der Waals surface area contributed by atoms with Crippen LogP contribution in [0.2, 0.25) is 5.02 Å². The Hall–Kier alpha value is -0.890. The molecule has 124 valence electrons. The molecule has 1 aromatic rings. The smallest absolute Gasteiger partial charge is 0.382 e. The minimum absolute atomic E-state index is 0.321. The highest BCUT2D eigenvalue weighted by Gasteiger charge is 2.39. The number of hydrogen-bond acceptors (Lipinski definition) is 3. The molecular formula is C14H17ClF4N2O. The van der Waals surface area contributed by atoms with E-state index in [1.165, 1.54) is 12.1 Å². The molecule has 1 aliphatic heterocycles. The summed E-state index contributed by atoms with van der Waals surface area (Å²) in [7, 11) is 0. The van der Waals surface area contributed by atoms with Gasteiger partial charge in [-0.15, -0.1) is 0 Å². The molecule has 1 fully saturated rings. The van der Waals surface area contributed by atoms with Gasteiger partial charge in [-0.25, -0.2) is 4.39 Å². The summed E-state index contributed by atoms with van der Waals surface area (Å²) in [6, 6.07) is 4.46. The summed E-state index contributed by atoms with van der Waals surface area (Å²) in [6.07, 6.45) is -6.93. The van der Waals surface area contributed by atoms with Crippen LogP contribution in [0.3, 0.4) is 0 Å². The minimum atomic E-state index is -4.60. The van der Waals surface area contributed by atoms with E-state index < -0.39 is 18.8 Å². The highest BCUT2D eigenvalue weighted by molar-refractivity contribution is 6.31. The van der Waals surface area contributed by atoms with Crippen LogP contribution in [0.25, 0.3) is 0 Å². The fourth-order valence-electron chi connectivity index (χ4n) is 2.39. The highest BCUT2D eigenvalue weighted by Crippen LogP contribution is 2.23. The van der Waals surface area contributed by atoms with Crippen LogP contribution in [0.15, 0.2) is 18.2 Å². The van der Waals surface area contributed by atoms with Crippen molar-refractivity contribution in [3.05, 3.63) is 34.6 Å². The van der Waals surface area contributed by atoms with Gasteiger partial charge < -0.3 is 5.11 Å². The van der Waals surface area contributed by atoms with Gasteiger partial charge in [-0.05, 0) is 12.1 Å². The Morgan fingerprint density at radius 2 is 1.73 bits per heavy atom. The van der Waals surface area contributed by atoms with Crippen LogP contribution in [0.5, 0.6) is 0 Å². The molecule has 8 heteroatoms. The van der Waals surface area contributed by atoms with Crippen LogP contribution in [0.4, 0.5) is 17.6 Å². The Morgan fingerprint density at radius 1 is 1.14 bits per heavy atom. The Bertz CT molecular complexity index is 484. The maximum Gasteiger partial charge on any atom is 0.415 e. The third-order valence-electron chi connectivity index (χ3n) is 3.72. The molecule has 1 N–H and O–H groups in total. The first-order chi connectivity index (χ1) is 10.3. The molecular weight excluding hydrogens is 324 g/mol. The fourth-order valence-corrected chi connectivity index (χ4v) is 2.61. The third kappa shape index (κ3) is 4.55. The summed E-state index contributed by atoms with van der Waals surface area (Å²) in [5.41, 5.74) is 0.396. The number of piperazine rings is 1. The van der Waals surface area contributed by atoms with Crippen LogP contribution in [0, 0.1) is 5.82 Å². The average molecular weight is 341 g/mol. The summed E-state index contributed by atoms with van der Waals surface area (Å²) >= 11 is 5.96. The van der Waals surface area contributed by atoms with Crippen molar-refractivity contribution in [3.8, 4) is 0 Å². The number of β-amino-alcohol motifs (C(OH)–C–C–N with tert-alkyl or cyclic N) is 1. The van der Waals surface area contributed by atoms with Crippen molar-refractivity contribution in [2.24, 2.45) is 0 Å². The van der Waals surface area contributed by atoms with Gasteiger partial charge in [0, 0.05) is 49.9 Å². The summed E-state index contributed by atoms with van der Waals surface area (Å²) in [6.45, 7) is 1.65. The van der Waals surface area contributed by atoms with Crippen molar-refractivity contribution < 1.29 is 22.7 Å². The van der Waals surface area contributed by atoms with Gasteiger partial charge in [0.15, 0.2) is 6.10 Å². The number of rotatable bonds is 4. The van der Waals surface area contributed by atoms with E-state index in [0.29, 0.717) is 43.3 Å². The van der Waals surface area contributed by atoms with Gasteiger partial charge in [0.1, 0.15) is 5.82 Å². The molecule has 1 atom stereocenters. The van der Waals surface area contributed by atoms with Crippen molar-refractivity contribution in [2.75, 3.05) is 32.7 Å². The second-order valence-corrected chi connectivity index (χ2v) is 5.74. The molecule has 1 unspecified atom stereocenters. The van der Waals surface area contributed by atoms with Crippen LogP contribution in [-0.4, -0.2) is 59.9 Å². The molecule has 0 saturated carbocycles. The summed E-state index contributed by atoms with van der Waals surface area (Å²) in [5.74, 6) is -0.387. The van der Waals surface area contributed by atoms with Crippen molar-refractivity contribution in [1.82, 2.24) is 9.80 Å². The molecule has 1 heterocycles. The summed E-state index contributed by atoms with van der Waals surface area (Å²) in [5, 5.41) is 9.41. The molecule has 1 saturated heterocycles. The number of halogens is 5. The molecule has 1 aliphatic rings. The van der Waals surface area contributed by atoms with E-state index in [4.69, 9.17) is 16.7 Å². The van der Waals surface area contributed by atoms with Crippen LogP contribution in [-0.2, 0) is 6.54 Å². The van der Waals surface area contributed by atoms with Crippen molar-refractivity contribution in [3.63, 3.8) is 0 Å². The van der Waals surface area contributed by atoms with E-state index in [2.05, 4.69) is 0 Å². The minimum Gasteiger partial charge on any atom is -0.382 e. The molecule has 0 radical (unpaired) electrons. The first-order valence-electron chi connectivity index (χ1n) is 6.89. The zero-order chi connectivity index (χ0) is 16.3. The van der Waals surface area contributed by atoms with Gasteiger partial charge in [0.25, 0.3) is 0 Å². The number of aliphatic hydroxyl groups is 1. The number of hydrogen-bond donors (Lipinski definition) is 1. The Kier molecular flexibility index (Phi) is 5.65. The maximum atomic E-state index is 13.7. The molecule has 0 aromatic heterocycles. The van der Waals surface area contributed by atoms with Crippen LogP contribution in [0.1, 0.15) is 5.56 Å². The lowest BCUT2D eigenvalue weighted by Gasteiger charge is -2.36. The Balaban J connectivity index is 1.85. The maximum absolute atomic E-state index is 13.7. The molecule has 0 spiro atoms. The zero-order valence-corrected chi connectivity index (χ0v) is 12.5. The van der Waals surface area contributed by atoms with Gasteiger partial charge >= 0.3 is 6.18 Å². The zero-order valence-electron chi connectivity index (χ0n) is 11.8. The van der Waals surface area contributed by atoms with E-state index in [9.17, 15) is 17.6 Å². The predicted molar refractivity (Wildman–Crippen MR) is 75.2 cm³/mol. The lowest BCUT2D eigenvalue weighted by Crippen LogP contribution is -2.50. The number of alkyl halides is 3. The second-order valence-electron chi connectivity index (χ2n) is 5.33. The molecule has 3 nitrogen and oxygen atoms in total. The van der Waals surface area contributed by atoms with Crippen molar-refractivity contribution in [1.29, 1.82) is 0 Å². The third-order valence-corrected chi connectivity index (χ3v) is 4.07. The summed E-state index contributed by atoms with van der Waals surface area (Å²) in [4.78, 5) is 3.48. The van der Waals surface area contributed by atoms with E-state index in [1.807, 2.05) is 4.90 Å². The highest BCUT2D eigenvalue weighted by atomic mass is 35.5. The normalized spacial score (nSPS) is 19.4. The lowest BCUT2D eigenvalue weighted by molar-refractivity contribution is -0.209. The number of benzene rings is 1. The van der Waals surface area contributed by atoms with Crippen molar-refractivity contribution in [2.45, 2.75) is 18.8 Å². The van der Waals surface area contributed by atoms with E-state index in [-0.39, 0.29) is 5.82 Å². The van der Waals surface area contributed by atoms with Gasteiger partial charge in [0.05, 0.1) is 0 Å². The van der Waals surface area contributed by atoms with E-state index in [0.717, 1.165) is 0 Å². The molecule has 2 rings (SSSR count).